The van der Waals surface area contributed by atoms with Crippen LogP contribution in [0.5, 0.6) is 0 Å². The molecule has 1 aromatic rings. The van der Waals surface area contributed by atoms with E-state index in [9.17, 15) is 21.6 Å². The van der Waals surface area contributed by atoms with Crippen LogP contribution in [0.4, 0.5) is 13.2 Å². The topological polar surface area (TPSA) is 69.0 Å². The van der Waals surface area contributed by atoms with Gasteiger partial charge in [0.2, 0.25) is 0 Å². The van der Waals surface area contributed by atoms with Crippen molar-refractivity contribution in [3.63, 3.8) is 0 Å². The summed E-state index contributed by atoms with van der Waals surface area (Å²) < 4.78 is 55.5. The van der Waals surface area contributed by atoms with Gasteiger partial charge < -0.3 is 0 Å². The molecule has 1 aromatic heterocycles. The van der Waals surface area contributed by atoms with Crippen LogP contribution < -0.4 is 9.71 Å². The molecule has 0 aliphatic carbocycles. The van der Waals surface area contributed by atoms with Gasteiger partial charge in [-0.1, -0.05) is 0 Å². The first-order valence-corrected chi connectivity index (χ1v) is 6.15. The number of aromatic nitrogens is 2. The molecule has 0 saturated carbocycles. The summed E-state index contributed by atoms with van der Waals surface area (Å²) in [6.07, 6.45) is 4.16. The molecule has 0 unspecified atom stereocenters. The van der Waals surface area contributed by atoms with Gasteiger partial charge in [-0.25, -0.2) is 22.7 Å². The molecular formula is C8H15F3N3O2S+. The average Bonchev–Trinajstić information content (AvgIpc) is 2.45. The fourth-order valence-corrected chi connectivity index (χ4v) is 0.933. The van der Waals surface area contributed by atoms with E-state index in [-0.39, 0.29) is 0 Å². The maximum Gasteiger partial charge on any atom is 0.511 e. The number of alkyl halides is 3. The first kappa shape index (κ1) is 15.9. The average molecular weight is 274 g/mol. The van der Waals surface area contributed by atoms with Gasteiger partial charge in [-0.05, 0) is 6.92 Å². The summed E-state index contributed by atoms with van der Waals surface area (Å²) in [4.78, 5) is 0. The van der Waals surface area contributed by atoms with Gasteiger partial charge in [0.05, 0.1) is 13.6 Å². The number of imidazole rings is 1. The van der Waals surface area contributed by atoms with Gasteiger partial charge in [0.25, 0.3) is 5.82 Å². The molecule has 2 N–H and O–H groups in total. The molecule has 5 nitrogen and oxygen atoms in total. The number of hydrogen-bond donors (Lipinski definition) is 1. The predicted molar refractivity (Wildman–Crippen MR) is 55.2 cm³/mol. The number of aryl methyl sites for hydroxylation is 2. The zero-order valence-electron chi connectivity index (χ0n) is 9.69. The Labute approximate surface area is 97.7 Å². The normalized spacial score (nSPS) is 11.9. The number of sulfonamides is 1. The molecule has 0 aliphatic heterocycles. The number of nitrogens with zero attached hydrogens (tertiary/aromatic N) is 2. The minimum absolute atomic E-state index is 1.06. The van der Waals surface area contributed by atoms with Crippen LogP contribution in [0.3, 0.4) is 0 Å². The third kappa shape index (κ3) is 4.73. The van der Waals surface area contributed by atoms with Crippen LogP contribution >= 0.6 is 0 Å². The molecule has 0 amide bonds. The van der Waals surface area contributed by atoms with Crippen LogP contribution in [0.1, 0.15) is 12.7 Å². The van der Waals surface area contributed by atoms with Crippen molar-refractivity contribution in [2.45, 2.75) is 25.9 Å². The van der Waals surface area contributed by atoms with E-state index in [1.54, 1.807) is 0 Å². The van der Waals surface area contributed by atoms with E-state index < -0.39 is 15.5 Å². The minimum Gasteiger partial charge on any atom is -0.237 e. The van der Waals surface area contributed by atoms with Crippen LogP contribution in [0.2, 0.25) is 0 Å². The lowest BCUT2D eigenvalue weighted by Gasteiger charge is -1.98. The van der Waals surface area contributed by atoms with Gasteiger partial charge in [-0.3, -0.25) is 0 Å². The first-order chi connectivity index (χ1) is 7.50. The monoisotopic (exact) mass is 274 g/mol. The van der Waals surface area contributed by atoms with E-state index in [1.807, 2.05) is 0 Å². The molecule has 17 heavy (non-hydrogen) atoms. The SMILES string of the molecule is CCn1cc[n+](C)c1C.NS(=O)(=O)C(F)(F)F. The second kappa shape index (κ2) is 5.50. The molecule has 0 aromatic carbocycles. The van der Waals surface area contributed by atoms with E-state index in [2.05, 4.69) is 47.6 Å². The Kier molecular flexibility index (Phi) is 5.14. The largest absolute Gasteiger partial charge is 0.511 e. The Morgan fingerprint density at radius 2 is 1.88 bits per heavy atom. The smallest absolute Gasteiger partial charge is 0.237 e. The highest BCUT2D eigenvalue weighted by Gasteiger charge is 2.42. The van der Waals surface area contributed by atoms with Crippen molar-refractivity contribution in [2.75, 3.05) is 0 Å². The Hall–Kier alpha value is -1.09. The fourth-order valence-electron chi connectivity index (χ4n) is 0.933. The van der Waals surface area contributed by atoms with Crippen molar-refractivity contribution < 1.29 is 26.2 Å². The van der Waals surface area contributed by atoms with Crippen molar-refractivity contribution >= 4 is 10.0 Å². The summed E-state index contributed by atoms with van der Waals surface area (Å²) in [6.45, 7) is 5.32. The Morgan fingerprint density at radius 3 is 2.00 bits per heavy atom. The highest BCUT2D eigenvalue weighted by Crippen LogP contribution is 2.18. The van der Waals surface area contributed by atoms with Gasteiger partial charge in [-0.2, -0.15) is 13.2 Å². The van der Waals surface area contributed by atoms with Crippen molar-refractivity contribution in [1.82, 2.24) is 4.57 Å². The summed E-state index contributed by atoms with van der Waals surface area (Å²) >= 11 is 0. The predicted octanol–water partition coefficient (Wildman–Crippen LogP) is 0.436. The molecule has 0 aliphatic rings. The Bertz CT molecular complexity index is 465. The molecule has 0 fully saturated rings. The third-order valence-corrected chi connectivity index (χ3v) is 2.70. The lowest BCUT2D eigenvalue weighted by molar-refractivity contribution is -0.677. The third-order valence-electron chi connectivity index (χ3n) is 2.06. The zero-order valence-corrected chi connectivity index (χ0v) is 10.5. The lowest BCUT2D eigenvalue weighted by Crippen LogP contribution is -2.30. The van der Waals surface area contributed by atoms with Crippen LogP contribution in [0, 0.1) is 6.92 Å². The molecule has 0 spiro atoms. The van der Waals surface area contributed by atoms with Crippen molar-refractivity contribution in [3.8, 4) is 0 Å². The number of halogens is 3. The van der Waals surface area contributed by atoms with Crippen LogP contribution in [0.15, 0.2) is 12.4 Å². The Balaban J connectivity index is 0.000000304. The summed E-state index contributed by atoms with van der Waals surface area (Å²) in [5.74, 6) is 1.30. The summed E-state index contributed by atoms with van der Waals surface area (Å²) in [6, 6.07) is 0. The van der Waals surface area contributed by atoms with Gasteiger partial charge in [0, 0.05) is 6.92 Å². The number of hydrogen-bond acceptors (Lipinski definition) is 2. The summed E-state index contributed by atoms with van der Waals surface area (Å²) in [5, 5.41) is 3.66. The number of nitrogens with two attached hydrogens (primary N) is 1. The molecule has 0 bridgehead atoms. The highest BCUT2D eigenvalue weighted by atomic mass is 32.2. The maximum atomic E-state index is 10.8. The maximum absolute atomic E-state index is 10.8. The van der Waals surface area contributed by atoms with Gasteiger partial charge in [-0.15, -0.1) is 0 Å². The van der Waals surface area contributed by atoms with Gasteiger partial charge in [0.1, 0.15) is 12.4 Å². The number of primary sulfonamides is 1. The quantitative estimate of drug-likeness (QED) is 0.755. The minimum atomic E-state index is -5.34. The van der Waals surface area contributed by atoms with Crippen LogP contribution in [-0.4, -0.2) is 18.5 Å². The first-order valence-electron chi connectivity index (χ1n) is 4.61. The molecule has 1 heterocycles. The zero-order chi connectivity index (χ0) is 13.9. The van der Waals surface area contributed by atoms with Gasteiger partial charge >= 0.3 is 15.5 Å². The Morgan fingerprint density at radius 1 is 1.47 bits per heavy atom. The van der Waals surface area contributed by atoms with Crippen molar-refractivity contribution in [1.29, 1.82) is 0 Å². The molecule has 0 saturated heterocycles. The van der Waals surface area contributed by atoms with E-state index in [0.29, 0.717) is 0 Å². The van der Waals surface area contributed by atoms with Gasteiger partial charge in [0.15, 0.2) is 0 Å². The van der Waals surface area contributed by atoms with Crippen molar-refractivity contribution in [2.24, 2.45) is 12.2 Å². The molecular weight excluding hydrogens is 259 g/mol. The lowest BCUT2D eigenvalue weighted by atomic mass is 10.6. The second-order valence-electron chi connectivity index (χ2n) is 3.23. The van der Waals surface area contributed by atoms with E-state index >= 15 is 0 Å². The molecule has 100 valence electrons. The standard InChI is InChI=1S/C7H13N2.CH2F3NO2S/c1-4-9-6-5-8(3)7(9)2;2-1(3,4)8(5,6)7/h5-6H,4H2,1-3H3;(H2,5,6,7)/q+1;. The molecule has 9 heteroatoms. The molecule has 0 radical (unpaired) electrons. The van der Waals surface area contributed by atoms with Crippen LogP contribution in [-0.2, 0) is 23.6 Å². The van der Waals surface area contributed by atoms with Crippen LogP contribution in [0.25, 0.3) is 0 Å². The second-order valence-corrected chi connectivity index (χ2v) is 4.79. The number of rotatable bonds is 1. The highest BCUT2D eigenvalue weighted by molar-refractivity contribution is 7.90. The summed E-state index contributed by atoms with van der Waals surface area (Å²) in [7, 11) is -3.28. The van der Waals surface area contributed by atoms with E-state index in [4.69, 9.17) is 0 Å². The van der Waals surface area contributed by atoms with E-state index in [0.717, 1.165) is 6.54 Å². The fraction of sp³-hybridized carbons (Fsp3) is 0.625. The molecule has 0 atom stereocenters. The van der Waals surface area contributed by atoms with Crippen molar-refractivity contribution in [3.05, 3.63) is 18.2 Å². The van der Waals surface area contributed by atoms with E-state index in [1.165, 1.54) is 5.82 Å². The summed E-state index contributed by atoms with van der Waals surface area (Å²) in [5.41, 5.74) is -5.31. The molecule has 1 rings (SSSR count).